The zero-order valence-electron chi connectivity index (χ0n) is 23.2. The molecular formula is C30H55NO2. The highest BCUT2D eigenvalue weighted by molar-refractivity contribution is 5.24. The van der Waals surface area contributed by atoms with Gasteiger partial charge in [0.15, 0.2) is 0 Å². The topological polar surface area (TPSA) is 55.5 Å². The number of fused-ring (bicyclic) bond motifs is 5. The summed E-state index contributed by atoms with van der Waals surface area (Å²) in [7, 11) is 1.90. The van der Waals surface area contributed by atoms with Gasteiger partial charge in [-0.3, -0.25) is 0 Å². The molecule has 10 atom stereocenters. The summed E-state index contributed by atoms with van der Waals surface area (Å²) < 4.78 is 5.81. The Balaban J connectivity index is 1.55. The number of hydrogen-bond acceptors (Lipinski definition) is 3. The zero-order valence-corrected chi connectivity index (χ0v) is 23.2. The van der Waals surface area contributed by atoms with E-state index in [0.29, 0.717) is 23.4 Å². The SMILES string of the molecule is COC1CC[C@@]2(C)[C@@H](CCC3(C)[C@@H]2CC[C@]2(C)[C@@H]([C@H](C)CCC(O)C(C)(C)C)CC[C@@]32N)C1. The first-order chi connectivity index (χ1) is 15.2. The van der Waals surface area contributed by atoms with Gasteiger partial charge in [0.05, 0.1) is 12.2 Å². The van der Waals surface area contributed by atoms with Crippen LogP contribution in [0.15, 0.2) is 0 Å². The Morgan fingerprint density at radius 3 is 2.24 bits per heavy atom. The minimum atomic E-state index is -0.220. The first-order valence-electron chi connectivity index (χ1n) is 14.2. The second-order valence-electron chi connectivity index (χ2n) is 14.9. The van der Waals surface area contributed by atoms with E-state index in [9.17, 15) is 5.11 Å². The molecule has 0 aromatic rings. The summed E-state index contributed by atoms with van der Waals surface area (Å²) in [6.07, 6.45) is 13.8. The fourth-order valence-electron chi connectivity index (χ4n) is 10.1. The van der Waals surface area contributed by atoms with Crippen molar-refractivity contribution in [2.45, 2.75) is 137 Å². The van der Waals surface area contributed by atoms with Crippen LogP contribution in [-0.2, 0) is 4.74 Å². The van der Waals surface area contributed by atoms with Gasteiger partial charge in [0.25, 0.3) is 0 Å². The monoisotopic (exact) mass is 461 g/mol. The summed E-state index contributed by atoms with van der Waals surface area (Å²) in [6, 6.07) is 0. The molecule has 3 N–H and O–H groups in total. The van der Waals surface area contributed by atoms with Gasteiger partial charge in [-0.15, -0.1) is 0 Å². The maximum absolute atomic E-state index is 10.7. The molecule has 4 aliphatic carbocycles. The summed E-state index contributed by atoms with van der Waals surface area (Å²) in [5.74, 6) is 2.86. The fraction of sp³-hybridized carbons (Fsp3) is 1.00. The van der Waals surface area contributed by atoms with Crippen molar-refractivity contribution >= 4 is 0 Å². The molecule has 4 aliphatic rings. The molecule has 4 saturated carbocycles. The lowest BCUT2D eigenvalue weighted by Crippen LogP contribution is -2.71. The van der Waals surface area contributed by atoms with Crippen molar-refractivity contribution < 1.29 is 9.84 Å². The van der Waals surface area contributed by atoms with Crippen LogP contribution in [0.25, 0.3) is 0 Å². The lowest BCUT2D eigenvalue weighted by Gasteiger charge is -2.69. The normalized spacial score (nSPS) is 49.6. The van der Waals surface area contributed by atoms with Crippen molar-refractivity contribution in [3.8, 4) is 0 Å². The Kier molecular flexibility index (Phi) is 6.67. The average molecular weight is 462 g/mol. The van der Waals surface area contributed by atoms with Crippen LogP contribution >= 0.6 is 0 Å². The second-order valence-corrected chi connectivity index (χ2v) is 14.9. The van der Waals surface area contributed by atoms with Crippen LogP contribution in [0.4, 0.5) is 0 Å². The highest BCUT2D eigenvalue weighted by Crippen LogP contribution is 2.73. The van der Waals surface area contributed by atoms with Crippen molar-refractivity contribution in [1.29, 1.82) is 0 Å². The molecule has 3 nitrogen and oxygen atoms in total. The number of hydrogen-bond donors (Lipinski definition) is 2. The minimum Gasteiger partial charge on any atom is -0.393 e. The van der Waals surface area contributed by atoms with E-state index in [1.54, 1.807) is 0 Å². The lowest BCUT2D eigenvalue weighted by molar-refractivity contribution is -0.188. The van der Waals surface area contributed by atoms with Gasteiger partial charge in [-0.25, -0.2) is 0 Å². The van der Waals surface area contributed by atoms with E-state index in [0.717, 1.165) is 24.7 Å². The molecule has 0 aromatic heterocycles. The summed E-state index contributed by atoms with van der Waals surface area (Å²) in [6.45, 7) is 16.7. The van der Waals surface area contributed by atoms with Crippen LogP contribution in [0.3, 0.4) is 0 Å². The van der Waals surface area contributed by atoms with Gasteiger partial charge < -0.3 is 15.6 Å². The van der Waals surface area contributed by atoms with Gasteiger partial charge in [-0.05, 0) is 116 Å². The van der Waals surface area contributed by atoms with Crippen molar-refractivity contribution in [3.05, 3.63) is 0 Å². The van der Waals surface area contributed by atoms with Gasteiger partial charge in [0, 0.05) is 12.6 Å². The molecule has 0 amide bonds. The number of methoxy groups -OCH3 is 1. The number of aliphatic hydroxyl groups excluding tert-OH is 1. The van der Waals surface area contributed by atoms with E-state index in [2.05, 4.69) is 48.5 Å². The van der Waals surface area contributed by atoms with Crippen LogP contribution in [0.1, 0.15) is 119 Å². The lowest BCUT2D eigenvalue weighted by atomic mass is 9.37. The van der Waals surface area contributed by atoms with Crippen LogP contribution in [-0.4, -0.2) is 30.0 Å². The highest BCUT2D eigenvalue weighted by Gasteiger charge is 2.71. The summed E-state index contributed by atoms with van der Waals surface area (Å²) >= 11 is 0. The predicted octanol–water partition coefficient (Wildman–Crippen LogP) is 6.96. The third-order valence-corrected chi connectivity index (χ3v) is 12.6. The predicted molar refractivity (Wildman–Crippen MR) is 138 cm³/mol. The van der Waals surface area contributed by atoms with E-state index in [-0.39, 0.29) is 27.9 Å². The van der Waals surface area contributed by atoms with E-state index < -0.39 is 0 Å². The molecular weight excluding hydrogens is 406 g/mol. The molecule has 4 fully saturated rings. The standard InChI is InChI=1S/C30H55NO2/c1-20(9-10-25(32)26(2,3)4)23-13-18-30(31)28(23,6)17-14-24-27(5)15-12-22(33-8)19-21(27)11-16-29(24,30)7/h20-25,32H,9-19,31H2,1-8H3/t20-,21+,22?,23-,24-,25?,27+,28-,29?,30+/m1/s1. The Hall–Kier alpha value is -0.120. The fourth-order valence-corrected chi connectivity index (χ4v) is 10.1. The molecule has 0 aromatic carbocycles. The third-order valence-electron chi connectivity index (χ3n) is 12.6. The number of ether oxygens (including phenoxy) is 1. The summed E-state index contributed by atoms with van der Waals surface area (Å²) in [4.78, 5) is 0. The average Bonchev–Trinajstić information content (AvgIpc) is 3.03. The van der Waals surface area contributed by atoms with Gasteiger partial charge in [0.2, 0.25) is 0 Å². The number of aliphatic hydroxyl groups is 1. The zero-order chi connectivity index (χ0) is 24.4. The smallest absolute Gasteiger partial charge is 0.0588 e. The third kappa shape index (κ3) is 3.77. The number of nitrogens with two attached hydrogens (primary N) is 1. The van der Waals surface area contributed by atoms with E-state index in [4.69, 9.17) is 10.5 Å². The summed E-state index contributed by atoms with van der Waals surface area (Å²) in [5, 5.41) is 10.7. The molecule has 0 heterocycles. The molecule has 192 valence electrons. The van der Waals surface area contributed by atoms with Crippen molar-refractivity contribution in [3.63, 3.8) is 0 Å². The van der Waals surface area contributed by atoms with Crippen LogP contribution in [0, 0.1) is 45.3 Å². The molecule has 0 aliphatic heterocycles. The Morgan fingerprint density at radius 2 is 1.61 bits per heavy atom. The maximum Gasteiger partial charge on any atom is 0.0588 e. The molecule has 0 saturated heterocycles. The first kappa shape index (κ1) is 26.0. The first-order valence-corrected chi connectivity index (χ1v) is 14.2. The van der Waals surface area contributed by atoms with Crippen LogP contribution in [0.5, 0.6) is 0 Å². The van der Waals surface area contributed by atoms with E-state index in [1.807, 2.05) is 7.11 Å². The molecule has 33 heavy (non-hydrogen) atoms. The second kappa shape index (κ2) is 8.48. The van der Waals surface area contributed by atoms with Crippen LogP contribution < -0.4 is 5.73 Å². The number of rotatable bonds is 5. The molecule has 3 heteroatoms. The Bertz CT molecular complexity index is 717. The largest absolute Gasteiger partial charge is 0.393 e. The van der Waals surface area contributed by atoms with Gasteiger partial charge in [-0.2, -0.15) is 0 Å². The molecule has 0 radical (unpaired) electrons. The van der Waals surface area contributed by atoms with Gasteiger partial charge >= 0.3 is 0 Å². The molecule has 4 rings (SSSR count). The molecule has 0 bridgehead atoms. The van der Waals surface area contributed by atoms with Crippen molar-refractivity contribution in [1.82, 2.24) is 0 Å². The Labute approximate surface area is 205 Å². The molecule has 0 spiro atoms. The summed E-state index contributed by atoms with van der Waals surface area (Å²) in [5.41, 5.74) is 8.50. The molecule has 3 unspecified atom stereocenters. The van der Waals surface area contributed by atoms with Crippen LogP contribution in [0.2, 0.25) is 0 Å². The maximum atomic E-state index is 10.7. The van der Waals surface area contributed by atoms with Crippen molar-refractivity contribution in [2.24, 2.45) is 51.1 Å². The van der Waals surface area contributed by atoms with Gasteiger partial charge in [0.1, 0.15) is 0 Å². The minimum absolute atomic E-state index is 0.0294. The highest BCUT2D eigenvalue weighted by atomic mass is 16.5. The van der Waals surface area contributed by atoms with E-state index in [1.165, 1.54) is 57.8 Å². The van der Waals surface area contributed by atoms with Gasteiger partial charge in [-0.1, -0.05) is 48.5 Å². The van der Waals surface area contributed by atoms with Crippen molar-refractivity contribution in [2.75, 3.05) is 7.11 Å². The quantitative estimate of drug-likeness (QED) is 0.465. The Morgan fingerprint density at radius 1 is 0.939 bits per heavy atom. The van der Waals surface area contributed by atoms with E-state index >= 15 is 0 Å².